The molecule has 98 valence electrons. The van der Waals surface area contributed by atoms with Gasteiger partial charge in [0, 0.05) is 29.2 Å². The van der Waals surface area contributed by atoms with E-state index in [1.54, 1.807) is 0 Å². The fourth-order valence-corrected chi connectivity index (χ4v) is 4.23. The smallest absolute Gasteiger partial charge is 0.268 e. The van der Waals surface area contributed by atoms with Crippen LogP contribution in [-0.4, -0.2) is 32.2 Å². The number of carbonyl (C=O) groups is 4. The van der Waals surface area contributed by atoms with Crippen LogP contribution in [0, 0.1) is 5.92 Å². The molecular weight excluding hydrogens is 288 g/mol. The van der Waals surface area contributed by atoms with Gasteiger partial charge in [-0.15, -0.1) is 0 Å². The number of hydrogen-bond donors (Lipinski definition) is 0. The van der Waals surface area contributed by atoms with Crippen LogP contribution in [0.2, 0.25) is 0 Å². The Labute approximate surface area is 116 Å². The summed E-state index contributed by atoms with van der Waals surface area (Å²) in [6.07, 6.45) is 3.00. The first-order valence-corrected chi connectivity index (χ1v) is 7.65. The Bertz CT molecular complexity index is 546. The van der Waals surface area contributed by atoms with E-state index >= 15 is 0 Å². The number of carbonyl (C=O) groups excluding carboxylic acids is 4. The van der Waals surface area contributed by atoms with Crippen LogP contribution in [0.15, 0.2) is 23.3 Å². The number of rotatable bonds is 1. The van der Waals surface area contributed by atoms with E-state index in [0.717, 1.165) is 30.6 Å². The van der Waals surface area contributed by atoms with Crippen LogP contribution < -0.4 is 0 Å². The summed E-state index contributed by atoms with van der Waals surface area (Å²) in [5.41, 5.74) is 0.577. The summed E-state index contributed by atoms with van der Waals surface area (Å²) in [5, 5.41) is 0. The van der Waals surface area contributed by atoms with E-state index in [9.17, 15) is 19.2 Å². The Morgan fingerprint density at radius 2 is 1.37 bits per heavy atom. The van der Waals surface area contributed by atoms with Crippen molar-refractivity contribution in [2.75, 3.05) is 0 Å². The molecule has 0 N–H and O–H groups in total. The first-order valence-electron chi connectivity index (χ1n) is 5.59. The maximum Gasteiger partial charge on any atom is 0.268 e. The molecular formula is C11H8N2O4S2. The molecule has 3 aliphatic rings. The fourth-order valence-electron chi connectivity index (χ4n) is 2.26. The molecule has 0 unspecified atom stereocenters. The molecule has 6 nitrogen and oxygen atoms in total. The van der Waals surface area contributed by atoms with Gasteiger partial charge in [0.1, 0.15) is 0 Å². The van der Waals surface area contributed by atoms with Crippen molar-refractivity contribution in [3.8, 4) is 0 Å². The SMILES string of the molecule is CCC1C2=CC(=O)N(SSN3C(=O)C=C1C3=O)C2=O. The van der Waals surface area contributed by atoms with E-state index in [1.165, 1.54) is 12.2 Å². The Morgan fingerprint density at radius 1 is 0.947 bits per heavy atom. The summed E-state index contributed by atoms with van der Waals surface area (Å²) < 4.78 is 1.95. The maximum atomic E-state index is 12.1. The predicted octanol–water partition coefficient (Wildman–Crippen LogP) is 0.828. The van der Waals surface area contributed by atoms with Crippen molar-refractivity contribution >= 4 is 45.6 Å². The highest BCUT2D eigenvalue weighted by molar-refractivity contribution is 8.75. The second kappa shape index (κ2) is 4.24. The largest absolute Gasteiger partial charge is 0.268 e. The number of fused-ring (bicyclic) bond motifs is 4. The van der Waals surface area contributed by atoms with Gasteiger partial charge in [-0.3, -0.25) is 19.2 Å². The van der Waals surface area contributed by atoms with Gasteiger partial charge in [-0.05, 0) is 6.42 Å². The van der Waals surface area contributed by atoms with Crippen LogP contribution >= 0.6 is 22.0 Å². The highest BCUT2D eigenvalue weighted by Crippen LogP contribution is 2.43. The minimum atomic E-state index is -0.498. The van der Waals surface area contributed by atoms with Gasteiger partial charge < -0.3 is 0 Å². The lowest BCUT2D eigenvalue weighted by molar-refractivity contribution is -0.132. The Kier molecular flexibility index (Phi) is 2.79. The molecule has 3 heterocycles. The summed E-state index contributed by atoms with van der Waals surface area (Å²) >= 11 is 0. The number of amides is 4. The first kappa shape index (κ1) is 12.5. The van der Waals surface area contributed by atoms with Crippen molar-refractivity contribution in [3.05, 3.63) is 23.3 Å². The highest BCUT2D eigenvalue weighted by Gasteiger charge is 2.45. The molecule has 0 radical (unpaired) electrons. The molecule has 3 rings (SSSR count). The third-order valence-electron chi connectivity index (χ3n) is 3.16. The van der Waals surface area contributed by atoms with E-state index < -0.39 is 29.5 Å². The van der Waals surface area contributed by atoms with E-state index in [0.29, 0.717) is 6.42 Å². The number of nitrogens with zero attached hydrogens (tertiary/aromatic N) is 2. The minimum Gasteiger partial charge on any atom is -0.268 e. The molecule has 0 aliphatic carbocycles. The van der Waals surface area contributed by atoms with Crippen LogP contribution in [0.4, 0.5) is 0 Å². The molecule has 0 aromatic carbocycles. The maximum absolute atomic E-state index is 12.1. The third kappa shape index (κ3) is 1.67. The van der Waals surface area contributed by atoms with Crippen LogP contribution in [0.5, 0.6) is 0 Å². The molecule has 0 aromatic rings. The third-order valence-corrected chi connectivity index (χ3v) is 5.31. The zero-order valence-electron chi connectivity index (χ0n) is 9.78. The van der Waals surface area contributed by atoms with Crippen molar-refractivity contribution < 1.29 is 19.2 Å². The molecule has 1 saturated heterocycles. The lowest BCUT2D eigenvalue weighted by atomic mass is 9.88. The number of imide groups is 2. The topological polar surface area (TPSA) is 74.8 Å². The summed E-state index contributed by atoms with van der Waals surface area (Å²) in [6.45, 7) is 1.81. The fraction of sp³-hybridized carbons (Fsp3) is 0.273. The van der Waals surface area contributed by atoms with Crippen molar-refractivity contribution in [1.29, 1.82) is 0 Å². The molecule has 0 aromatic heterocycles. The van der Waals surface area contributed by atoms with Gasteiger partial charge in [0.05, 0.1) is 22.0 Å². The lowest BCUT2D eigenvalue weighted by Crippen LogP contribution is -2.25. The molecule has 0 spiro atoms. The van der Waals surface area contributed by atoms with Gasteiger partial charge in [-0.25, -0.2) is 8.61 Å². The van der Waals surface area contributed by atoms with Crippen molar-refractivity contribution in [2.45, 2.75) is 13.3 Å². The second-order valence-electron chi connectivity index (χ2n) is 4.18. The summed E-state index contributed by atoms with van der Waals surface area (Å²) in [7, 11) is 1.60. The monoisotopic (exact) mass is 296 g/mol. The summed E-state index contributed by atoms with van der Waals surface area (Å²) in [5.74, 6) is -2.13. The lowest BCUT2D eigenvalue weighted by Gasteiger charge is -2.15. The van der Waals surface area contributed by atoms with Crippen LogP contribution in [0.1, 0.15) is 13.3 Å². The molecule has 8 heteroatoms. The standard InChI is InChI=1S/C11H8N2O4S2/c1-2-5-6-3-8(14)12(10(6)16)18-19-13-9(15)4-7(5)11(13)17/h3-5H,2H2,1H3. The van der Waals surface area contributed by atoms with Gasteiger partial charge >= 0.3 is 0 Å². The van der Waals surface area contributed by atoms with Gasteiger partial charge in [0.15, 0.2) is 0 Å². The van der Waals surface area contributed by atoms with Gasteiger partial charge in [0.2, 0.25) is 0 Å². The van der Waals surface area contributed by atoms with Crippen LogP contribution in [-0.2, 0) is 19.2 Å². The average Bonchev–Trinajstić information content (AvgIpc) is 2.80. The zero-order chi connectivity index (χ0) is 13.7. The van der Waals surface area contributed by atoms with Gasteiger partial charge in [0.25, 0.3) is 23.6 Å². The minimum absolute atomic E-state index is 0.289. The molecule has 19 heavy (non-hydrogen) atoms. The first-order chi connectivity index (χ1) is 9.04. The molecule has 0 saturated carbocycles. The van der Waals surface area contributed by atoms with E-state index in [4.69, 9.17) is 0 Å². The van der Waals surface area contributed by atoms with Crippen LogP contribution in [0.25, 0.3) is 0 Å². The summed E-state index contributed by atoms with van der Waals surface area (Å²) in [4.78, 5) is 47.7. The summed E-state index contributed by atoms with van der Waals surface area (Å²) in [6, 6.07) is 0. The quantitative estimate of drug-likeness (QED) is 0.405. The molecule has 0 atom stereocenters. The predicted molar refractivity (Wildman–Crippen MR) is 68.8 cm³/mol. The Balaban J connectivity index is 2.14. The van der Waals surface area contributed by atoms with Gasteiger partial charge in [-0.2, -0.15) is 0 Å². The van der Waals surface area contributed by atoms with Crippen molar-refractivity contribution in [1.82, 2.24) is 8.61 Å². The van der Waals surface area contributed by atoms with E-state index in [2.05, 4.69) is 0 Å². The van der Waals surface area contributed by atoms with E-state index in [-0.39, 0.29) is 11.1 Å². The molecule has 1 fully saturated rings. The van der Waals surface area contributed by atoms with Crippen LogP contribution in [0.3, 0.4) is 0 Å². The Hall–Kier alpha value is -1.54. The molecule has 3 aliphatic heterocycles. The molecule has 4 amide bonds. The van der Waals surface area contributed by atoms with Crippen molar-refractivity contribution in [2.24, 2.45) is 5.92 Å². The van der Waals surface area contributed by atoms with E-state index in [1.807, 2.05) is 6.92 Å². The molecule has 4 bridgehead atoms. The van der Waals surface area contributed by atoms with Crippen molar-refractivity contribution in [3.63, 3.8) is 0 Å². The highest BCUT2D eigenvalue weighted by atomic mass is 33.1. The average molecular weight is 296 g/mol. The van der Waals surface area contributed by atoms with Gasteiger partial charge in [-0.1, -0.05) is 6.92 Å². The zero-order valence-corrected chi connectivity index (χ0v) is 11.4. The number of hydrogen-bond acceptors (Lipinski definition) is 6. The Morgan fingerprint density at radius 3 is 1.74 bits per heavy atom. The normalized spacial score (nSPS) is 23.4. The second-order valence-corrected chi connectivity index (χ2v) is 6.11.